The van der Waals surface area contributed by atoms with Gasteiger partial charge in [-0.05, 0) is 31.4 Å². The van der Waals surface area contributed by atoms with Gasteiger partial charge < -0.3 is 14.6 Å². The maximum Gasteiger partial charge on any atom is 0.217 e. The molecule has 0 unspecified atom stereocenters. The molecular formula is C21H17N2O3Pt-. The number of aromatic hydroxyl groups is 1. The van der Waals surface area contributed by atoms with Gasteiger partial charge in [0.2, 0.25) is 5.88 Å². The van der Waals surface area contributed by atoms with Crippen molar-refractivity contribution >= 4 is 16.8 Å². The first-order valence-electron chi connectivity index (χ1n) is 8.80. The van der Waals surface area contributed by atoms with Crippen LogP contribution in [0.15, 0.2) is 53.5 Å². The SMILES string of the molecule is Oc1cccc2ccc(Oc3[c-]c(C4=N[C@H]5CCC[C@@H]5O4)ccc3)nc12.[Pt]. The van der Waals surface area contributed by atoms with Crippen molar-refractivity contribution in [2.45, 2.75) is 31.4 Å². The van der Waals surface area contributed by atoms with Crippen LogP contribution in [0.5, 0.6) is 17.4 Å². The first-order chi connectivity index (χ1) is 12.8. The third-order valence-electron chi connectivity index (χ3n) is 4.85. The van der Waals surface area contributed by atoms with E-state index in [9.17, 15) is 5.11 Å². The topological polar surface area (TPSA) is 63.9 Å². The molecule has 0 amide bonds. The fourth-order valence-corrected chi connectivity index (χ4v) is 3.56. The van der Waals surface area contributed by atoms with Crippen LogP contribution in [0.25, 0.3) is 10.9 Å². The van der Waals surface area contributed by atoms with Crippen LogP contribution >= 0.6 is 0 Å². The van der Waals surface area contributed by atoms with E-state index < -0.39 is 0 Å². The first kappa shape index (κ1) is 18.0. The molecule has 2 atom stereocenters. The molecule has 2 aliphatic rings. The van der Waals surface area contributed by atoms with Gasteiger partial charge in [0.15, 0.2) is 0 Å². The number of aliphatic imine (C=N–C) groups is 1. The molecule has 1 aliphatic heterocycles. The van der Waals surface area contributed by atoms with E-state index in [4.69, 9.17) is 9.47 Å². The summed E-state index contributed by atoms with van der Waals surface area (Å²) in [6.07, 6.45) is 3.56. The number of phenolic OH excluding ortho intramolecular Hbond substituents is 1. The second-order valence-corrected chi connectivity index (χ2v) is 6.62. The summed E-state index contributed by atoms with van der Waals surface area (Å²) in [6.45, 7) is 0. The van der Waals surface area contributed by atoms with E-state index in [1.54, 1.807) is 18.2 Å². The molecule has 0 bridgehead atoms. The molecule has 5 rings (SSSR count). The molecule has 5 nitrogen and oxygen atoms in total. The third kappa shape index (κ3) is 3.44. The van der Waals surface area contributed by atoms with Gasteiger partial charge in [0.25, 0.3) is 0 Å². The minimum absolute atomic E-state index is 0. The number of hydrogen-bond acceptors (Lipinski definition) is 5. The summed E-state index contributed by atoms with van der Waals surface area (Å²) in [5, 5.41) is 10.8. The maximum absolute atomic E-state index is 9.97. The summed E-state index contributed by atoms with van der Waals surface area (Å²) in [5.41, 5.74) is 1.30. The first-order valence-corrected chi connectivity index (χ1v) is 8.80. The van der Waals surface area contributed by atoms with E-state index in [1.807, 2.05) is 30.3 Å². The fraction of sp³-hybridized carbons (Fsp3) is 0.238. The molecule has 0 radical (unpaired) electrons. The monoisotopic (exact) mass is 540 g/mol. The molecule has 1 N–H and O–H groups in total. The zero-order valence-corrected chi connectivity index (χ0v) is 16.6. The predicted octanol–water partition coefficient (Wildman–Crippen LogP) is 4.23. The van der Waals surface area contributed by atoms with Crippen molar-refractivity contribution in [3.63, 3.8) is 0 Å². The van der Waals surface area contributed by atoms with Crippen LogP contribution in [-0.4, -0.2) is 28.1 Å². The zero-order valence-electron chi connectivity index (χ0n) is 14.4. The van der Waals surface area contributed by atoms with Crippen LogP contribution in [0.2, 0.25) is 0 Å². The molecule has 1 aliphatic carbocycles. The second-order valence-electron chi connectivity index (χ2n) is 6.62. The van der Waals surface area contributed by atoms with E-state index in [0.717, 1.165) is 23.8 Å². The van der Waals surface area contributed by atoms with Crippen LogP contribution in [0.3, 0.4) is 0 Å². The third-order valence-corrected chi connectivity index (χ3v) is 4.85. The molecule has 27 heavy (non-hydrogen) atoms. The van der Waals surface area contributed by atoms with Crippen LogP contribution in [-0.2, 0) is 25.8 Å². The van der Waals surface area contributed by atoms with Crippen LogP contribution in [0.4, 0.5) is 0 Å². The van der Waals surface area contributed by atoms with Gasteiger partial charge in [-0.15, -0.1) is 18.2 Å². The summed E-state index contributed by atoms with van der Waals surface area (Å²) >= 11 is 0. The molecule has 6 heteroatoms. The molecule has 1 aromatic heterocycles. The van der Waals surface area contributed by atoms with Gasteiger partial charge in [-0.1, -0.05) is 23.8 Å². The molecule has 2 heterocycles. The normalized spacial score (nSPS) is 20.5. The Hall–Kier alpha value is -2.39. The number of para-hydroxylation sites is 1. The zero-order chi connectivity index (χ0) is 17.5. The van der Waals surface area contributed by atoms with Crippen molar-refractivity contribution in [2.75, 3.05) is 0 Å². The van der Waals surface area contributed by atoms with Crippen molar-refractivity contribution < 1.29 is 35.6 Å². The Morgan fingerprint density at radius 3 is 2.85 bits per heavy atom. The van der Waals surface area contributed by atoms with Crippen molar-refractivity contribution in [1.82, 2.24) is 4.98 Å². The standard InChI is InChI=1S/C21H17N2O3.Pt/c24-17-8-2-4-13-10-11-19(23-20(13)17)25-15-6-1-5-14(12-15)21-22-16-7-3-9-18(16)26-21;/h1-2,4-6,8,10-11,16,18,24H,3,7,9H2;/q-1;/t16-,18-;/m0./s1. The van der Waals surface area contributed by atoms with Crippen LogP contribution < -0.4 is 4.74 Å². The molecule has 0 spiro atoms. The Bertz CT molecular complexity index is 1020. The number of ether oxygens (including phenoxy) is 2. The van der Waals surface area contributed by atoms with Crippen LogP contribution in [0, 0.1) is 6.07 Å². The molecule has 0 saturated heterocycles. The number of fused-ring (bicyclic) bond motifs is 2. The summed E-state index contributed by atoms with van der Waals surface area (Å²) in [7, 11) is 0. The van der Waals surface area contributed by atoms with E-state index in [-0.39, 0.29) is 39.0 Å². The quantitative estimate of drug-likeness (QED) is 0.506. The van der Waals surface area contributed by atoms with Crippen LogP contribution in [0.1, 0.15) is 24.8 Å². The summed E-state index contributed by atoms with van der Waals surface area (Å²) < 4.78 is 11.8. The molecule has 140 valence electrons. The number of aromatic nitrogens is 1. The van der Waals surface area contributed by atoms with Gasteiger partial charge in [0, 0.05) is 38.3 Å². The molecule has 2 aromatic carbocycles. The summed E-state index contributed by atoms with van der Waals surface area (Å²) in [6, 6.07) is 18.1. The number of hydrogen-bond donors (Lipinski definition) is 1. The fourth-order valence-electron chi connectivity index (χ4n) is 3.56. The molecule has 1 fully saturated rings. The van der Waals surface area contributed by atoms with Gasteiger partial charge in [-0.25, -0.2) is 4.98 Å². The number of benzene rings is 2. The number of rotatable bonds is 3. The largest absolute Gasteiger partial charge is 0.515 e. The van der Waals surface area contributed by atoms with Crippen molar-refractivity contribution in [2.24, 2.45) is 4.99 Å². The maximum atomic E-state index is 9.97. The molecule has 3 aromatic rings. The van der Waals surface area contributed by atoms with Crippen molar-refractivity contribution in [3.05, 3.63) is 60.2 Å². The molecular weight excluding hydrogens is 523 g/mol. The number of pyridine rings is 1. The van der Waals surface area contributed by atoms with Gasteiger partial charge >= 0.3 is 0 Å². The Morgan fingerprint density at radius 1 is 1.07 bits per heavy atom. The number of phenols is 1. The van der Waals surface area contributed by atoms with Gasteiger partial charge in [0.05, 0.1) is 6.04 Å². The number of nitrogens with zero attached hydrogens (tertiary/aromatic N) is 2. The van der Waals surface area contributed by atoms with Crippen molar-refractivity contribution in [3.8, 4) is 17.4 Å². The molecule has 1 saturated carbocycles. The minimum Gasteiger partial charge on any atom is -0.515 e. The average Bonchev–Trinajstić information content (AvgIpc) is 3.25. The van der Waals surface area contributed by atoms with Gasteiger partial charge in [-0.2, -0.15) is 0 Å². The van der Waals surface area contributed by atoms with E-state index in [0.29, 0.717) is 23.0 Å². The summed E-state index contributed by atoms with van der Waals surface area (Å²) in [5.74, 6) is 1.71. The van der Waals surface area contributed by atoms with E-state index in [1.165, 1.54) is 6.42 Å². The second kappa shape index (κ2) is 7.32. The van der Waals surface area contributed by atoms with E-state index >= 15 is 0 Å². The van der Waals surface area contributed by atoms with Gasteiger partial charge in [0.1, 0.15) is 23.3 Å². The Balaban J connectivity index is 0.00000180. The Morgan fingerprint density at radius 2 is 1.96 bits per heavy atom. The van der Waals surface area contributed by atoms with Gasteiger partial charge in [-0.3, -0.25) is 4.99 Å². The van der Waals surface area contributed by atoms with E-state index in [2.05, 4.69) is 16.0 Å². The Kier molecular flexibility index (Phi) is 4.88. The average molecular weight is 540 g/mol. The smallest absolute Gasteiger partial charge is 0.217 e. The Labute approximate surface area is 171 Å². The summed E-state index contributed by atoms with van der Waals surface area (Å²) in [4.78, 5) is 9.07. The minimum atomic E-state index is 0. The predicted molar refractivity (Wildman–Crippen MR) is 97.8 cm³/mol. The van der Waals surface area contributed by atoms with Crippen molar-refractivity contribution in [1.29, 1.82) is 0 Å².